The van der Waals surface area contributed by atoms with E-state index in [1.807, 2.05) is 0 Å². The van der Waals surface area contributed by atoms with Crippen LogP contribution in [-0.4, -0.2) is 28.7 Å². The second kappa shape index (κ2) is 5.21. The largest absolute Gasteiger partial charge is 0.389 e. The summed E-state index contributed by atoms with van der Waals surface area (Å²) in [6, 6.07) is 2.49. The fourth-order valence-corrected chi connectivity index (χ4v) is 3.76. The van der Waals surface area contributed by atoms with Crippen LogP contribution in [0.1, 0.15) is 42.5 Å². The molecule has 0 bridgehead atoms. The van der Waals surface area contributed by atoms with Gasteiger partial charge in [0.25, 0.3) is 0 Å². The molecule has 0 aromatic carbocycles. The van der Waals surface area contributed by atoms with Gasteiger partial charge in [-0.25, -0.2) is 4.98 Å². The molecular formula is C16H21N3OS. The summed E-state index contributed by atoms with van der Waals surface area (Å²) >= 11 is 5.22. The number of anilines is 1. The van der Waals surface area contributed by atoms with Crippen molar-refractivity contribution < 1.29 is 4.74 Å². The topological polar surface area (TPSA) is 60.2 Å². The molecule has 2 heterocycles. The standard InChI is InChI=1S/C16H21N3OS/c17-15(21)11-8-10-2-1-3-12(10)18-16(11)19-13-6-7-20-14(13)9-4-5-9/h8-9,13-14H,1-7H2,(H2,17,21)(H,18,19). The average molecular weight is 303 g/mol. The van der Waals surface area contributed by atoms with Crippen molar-refractivity contribution in [2.45, 2.75) is 50.7 Å². The number of nitrogens with two attached hydrogens (primary N) is 1. The van der Waals surface area contributed by atoms with Crippen LogP contribution in [-0.2, 0) is 17.6 Å². The molecular weight excluding hydrogens is 282 g/mol. The van der Waals surface area contributed by atoms with Crippen LogP contribution in [0.3, 0.4) is 0 Å². The fraction of sp³-hybridized carbons (Fsp3) is 0.625. The van der Waals surface area contributed by atoms with Crippen LogP contribution in [0.25, 0.3) is 0 Å². The van der Waals surface area contributed by atoms with E-state index in [0.29, 0.717) is 17.1 Å². The predicted molar refractivity (Wildman–Crippen MR) is 86.6 cm³/mol. The first-order chi connectivity index (χ1) is 10.2. The predicted octanol–water partition coefficient (Wildman–Crippen LogP) is 2.18. The summed E-state index contributed by atoms with van der Waals surface area (Å²) in [5.74, 6) is 1.59. The Morgan fingerprint density at radius 1 is 1.33 bits per heavy atom. The lowest BCUT2D eigenvalue weighted by atomic mass is 10.1. The third-order valence-corrected chi connectivity index (χ3v) is 5.08. The van der Waals surface area contributed by atoms with E-state index in [0.717, 1.165) is 43.2 Å². The van der Waals surface area contributed by atoms with E-state index in [2.05, 4.69) is 11.4 Å². The molecule has 1 aromatic rings. The van der Waals surface area contributed by atoms with Crippen molar-refractivity contribution in [3.05, 3.63) is 22.9 Å². The summed E-state index contributed by atoms with van der Waals surface area (Å²) < 4.78 is 5.90. The van der Waals surface area contributed by atoms with Gasteiger partial charge in [0.2, 0.25) is 0 Å². The zero-order valence-electron chi connectivity index (χ0n) is 12.1. The van der Waals surface area contributed by atoms with Gasteiger partial charge >= 0.3 is 0 Å². The molecule has 4 rings (SSSR count). The van der Waals surface area contributed by atoms with Gasteiger partial charge in [0.1, 0.15) is 10.8 Å². The van der Waals surface area contributed by atoms with Crippen LogP contribution >= 0.6 is 12.2 Å². The third kappa shape index (κ3) is 2.53. The maximum atomic E-state index is 5.91. The maximum absolute atomic E-state index is 5.91. The minimum Gasteiger partial charge on any atom is -0.389 e. The number of nitrogens with zero attached hydrogens (tertiary/aromatic N) is 1. The van der Waals surface area contributed by atoms with Gasteiger partial charge in [-0.15, -0.1) is 0 Å². The van der Waals surface area contributed by atoms with Gasteiger partial charge in [-0.1, -0.05) is 12.2 Å². The normalized spacial score (nSPS) is 27.6. The highest BCUT2D eigenvalue weighted by molar-refractivity contribution is 7.80. The smallest absolute Gasteiger partial charge is 0.136 e. The van der Waals surface area contributed by atoms with Crippen LogP contribution in [0.5, 0.6) is 0 Å². The maximum Gasteiger partial charge on any atom is 0.136 e. The van der Waals surface area contributed by atoms with Gasteiger partial charge in [-0.05, 0) is 56.1 Å². The number of rotatable bonds is 4. The van der Waals surface area contributed by atoms with Gasteiger partial charge in [0.15, 0.2) is 0 Å². The number of aryl methyl sites for hydroxylation is 2. The highest BCUT2D eigenvalue weighted by atomic mass is 32.1. The van der Waals surface area contributed by atoms with Crippen LogP contribution in [0, 0.1) is 5.92 Å². The molecule has 1 saturated heterocycles. The Morgan fingerprint density at radius 3 is 2.95 bits per heavy atom. The van der Waals surface area contributed by atoms with Gasteiger partial charge in [-0.3, -0.25) is 0 Å². The molecule has 0 spiro atoms. The molecule has 2 fully saturated rings. The summed E-state index contributed by atoms with van der Waals surface area (Å²) in [6.07, 6.45) is 7.30. The molecule has 3 N–H and O–H groups in total. The Hall–Kier alpha value is -1.20. The number of thiocarbonyl (C=S) groups is 1. The summed E-state index contributed by atoms with van der Waals surface area (Å²) in [4.78, 5) is 5.25. The van der Waals surface area contributed by atoms with Crippen LogP contribution in [0.2, 0.25) is 0 Å². The number of nitrogens with one attached hydrogen (secondary N) is 1. The van der Waals surface area contributed by atoms with E-state index in [1.165, 1.54) is 30.5 Å². The lowest BCUT2D eigenvalue weighted by molar-refractivity contribution is 0.0898. The molecule has 4 nitrogen and oxygen atoms in total. The first-order valence-corrected chi connectivity index (χ1v) is 8.34. The summed E-state index contributed by atoms with van der Waals surface area (Å²) in [5, 5.41) is 3.59. The van der Waals surface area contributed by atoms with Crippen LogP contribution in [0.4, 0.5) is 5.82 Å². The van der Waals surface area contributed by atoms with Crippen LogP contribution < -0.4 is 11.1 Å². The summed E-state index contributed by atoms with van der Waals surface area (Å²) in [7, 11) is 0. The molecule has 1 aliphatic heterocycles. The monoisotopic (exact) mass is 303 g/mol. The zero-order chi connectivity index (χ0) is 14.4. The second-order valence-electron chi connectivity index (χ2n) is 6.42. The molecule has 0 amide bonds. The van der Waals surface area contributed by atoms with Crippen molar-refractivity contribution in [1.82, 2.24) is 4.98 Å². The first-order valence-electron chi connectivity index (χ1n) is 7.93. The number of hydrogen-bond acceptors (Lipinski definition) is 4. The minimum absolute atomic E-state index is 0.333. The Bertz CT molecular complexity index is 585. The molecule has 112 valence electrons. The van der Waals surface area contributed by atoms with Crippen molar-refractivity contribution in [3.8, 4) is 0 Å². The lowest BCUT2D eigenvalue weighted by Gasteiger charge is -2.22. The third-order valence-electron chi connectivity index (χ3n) is 4.86. The van der Waals surface area contributed by atoms with Crippen molar-refractivity contribution in [2.75, 3.05) is 11.9 Å². The minimum atomic E-state index is 0.333. The molecule has 2 unspecified atom stereocenters. The van der Waals surface area contributed by atoms with Crippen molar-refractivity contribution >= 4 is 23.0 Å². The second-order valence-corrected chi connectivity index (χ2v) is 6.86. The lowest BCUT2D eigenvalue weighted by Crippen LogP contribution is -2.32. The number of fused-ring (bicyclic) bond motifs is 1. The van der Waals surface area contributed by atoms with Gasteiger partial charge < -0.3 is 15.8 Å². The van der Waals surface area contributed by atoms with E-state index >= 15 is 0 Å². The molecule has 5 heteroatoms. The Balaban J connectivity index is 1.62. The highest BCUT2D eigenvalue weighted by Gasteiger charge is 2.41. The molecule has 2 aliphatic carbocycles. The Labute approximate surface area is 130 Å². The van der Waals surface area contributed by atoms with Crippen molar-refractivity contribution in [3.63, 3.8) is 0 Å². The van der Waals surface area contributed by atoms with E-state index in [4.69, 9.17) is 27.7 Å². The number of aromatic nitrogens is 1. The van der Waals surface area contributed by atoms with E-state index in [-0.39, 0.29) is 0 Å². The van der Waals surface area contributed by atoms with Crippen molar-refractivity contribution in [2.24, 2.45) is 11.7 Å². The zero-order valence-corrected chi connectivity index (χ0v) is 12.9. The SMILES string of the molecule is NC(=S)c1cc2c(nc1NC1CCOC1C1CC1)CCC2. The Kier molecular flexibility index (Phi) is 3.34. The number of hydrogen-bond donors (Lipinski definition) is 2. The molecule has 3 aliphatic rings. The molecule has 21 heavy (non-hydrogen) atoms. The summed E-state index contributed by atoms with van der Waals surface area (Å²) in [5.41, 5.74) is 9.32. The Morgan fingerprint density at radius 2 is 2.19 bits per heavy atom. The molecule has 1 saturated carbocycles. The first kappa shape index (κ1) is 13.5. The fourth-order valence-electron chi connectivity index (χ4n) is 3.60. The molecule has 1 aromatic heterocycles. The van der Waals surface area contributed by atoms with Crippen LogP contribution in [0.15, 0.2) is 6.07 Å². The molecule has 0 radical (unpaired) electrons. The average Bonchev–Trinajstić information content (AvgIpc) is 3.03. The highest BCUT2D eigenvalue weighted by Crippen LogP contribution is 2.40. The molecule has 2 atom stereocenters. The van der Waals surface area contributed by atoms with Crippen molar-refractivity contribution in [1.29, 1.82) is 0 Å². The van der Waals surface area contributed by atoms with Gasteiger partial charge in [0.05, 0.1) is 17.7 Å². The van der Waals surface area contributed by atoms with E-state index in [1.54, 1.807) is 0 Å². The van der Waals surface area contributed by atoms with Gasteiger partial charge in [0, 0.05) is 12.3 Å². The van der Waals surface area contributed by atoms with E-state index < -0.39 is 0 Å². The quantitative estimate of drug-likeness (QED) is 0.835. The number of pyridine rings is 1. The number of ether oxygens (including phenoxy) is 1. The van der Waals surface area contributed by atoms with E-state index in [9.17, 15) is 0 Å². The van der Waals surface area contributed by atoms with Gasteiger partial charge in [-0.2, -0.15) is 0 Å². The summed E-state index contributed by atoms with van der Waals surface area (Å²) in [6.45, 7) is 0.839.